The number of rotatable bonds is 11. The molecule has 0 fully saturated rings. The molecule has 11 heteroatoms. The second-order valence-electron chi connectivity index (χ2n) is 8.31. The molecule has 0 aliphatic rings. The van der Waals surface area contributed by atoms with Gasteiger partial charge in [0.25, 0.3) is 0 Å². The van der Waals surface area contributed by atoms with Crippen LogP contribution in [0.2, 0.25) is 0 Å². The maximum Gasteiger partial charge on any atom is 0.311 e. The van der Waals surface area contributed by atoms with E-state index in [0.717, 1.165) is 6.20 Å². The summed E-state index contributed by atoms with van der Waals surface area (Å²) >= 11 is 0. The largest absolute Gasteiger partial charge is 0.481 e. The monoisotopic (exact) mass is 520 g/mol. The minimum Gasteiger partial charge on any atom is -0.481 e. The van der Waals surface area contributed by atoms with Crippen LogP contribution in [0.15, 0.2) is 83.0 Å². The summed E-state index contributed by atoms with van der Waals surface area (Å²) in [6.07, 6.45) is 5.66. The Balaban J connectivity index is 1.58. The van der Waals surface area contributed by atoms with Crippen LogP contribution in [0, 0.1) is 5.82 Å². The van der Waals surface area contributed by atoms with Crippen molar-refractivity contribution in [2.45, 2.75) is 32.7 Å². The van der Waals surface area contributed by atoms with Gasteiger partial charge in [0.1, 0.15) is 23.5 Å². The van der Waals surface area contributed by atoms with Gasteiger partial charge in [-0.1, -0.05) is 47.6 Å². The lowest BCUT2D eigenvalue weighted by Crippen LogP contribution is -2.17. The van der Waals surface area contributed by atoms with Gasteiger partial charge in [0.15, 0.2) is 17.5 Å². The summed E-state index contributed by atoms with van der Waals surface area (Å²) in [5.41, 5.74) is 2.40. The summed E-state index contributed by atoms with van der Waals surface area (Å²) in [5, 5.41) is 21.0. The number of nitrogens with zero attached hydrogens (tertiary/aromatic N) is 5. The third-order valence-corrected chi connectivity index (χ3v) is 5.91. The first-order chi connectivity index (χ1) is 18.4. The first-order valence-electron chi connectivity index (χ1n) is 11.9. The highest BCUT2D eigenvalue weighted by molar-refractivity contribution is 5.76. The first kappa shape index (κ1) is 26.4. The van der Waals surface area contributed by atoms with Gasteiger partial charge in [-0.15, -0.1) is 0 Å². The second-order valence-corrected chi connectivity index (χ2v) is 8.31. The van der Waals surface area contributed by atoms with Gasteiger partial charge in [-0.3, -0.25) is 9.48 Å². The highest BCUT2D eigenvalue weighted by atomic mass is 19.1. The van der Waals surface area contributed by atoms with Crippen LogP contribution in [-0.4, -0.2) is 42.5 Å². The van der Waals surface area contributed by atoms with E-state index < -0.39 is 17.7 Å². The number of hydrogen-bond acceptors (Lipinski definition) is 7. The van der Waals surface area contributed by atoms with Crippen molar-refractivity contribution in [1.82, 2.24) is 24.9 Å². The highest BCUT2D eigenvalue weighted by Gasteiger charge is 2.21. The zero-order valence-corrected chi connectivity index (χ0v) is 20.8. The van der Waals surface area contributed by atoms with Crippen LogP contribution in [0.25, 0.3) is 22.9 Å². The predicted molar refractivity (Wildman–Crippen MR) is 137 cm³/mol. The van der Waals surface area contributed by atoms with E-state index in [1.54, 1.807) is 61.0 Å². The average Bonchev–Trinajstić information content (AvgIpc) is 3.61. The molecular weight excluding hydrogens is 494 g/mol. The summed E-state index contributed by atoms with van der Waals surface area (Å²) in [6, 6.07) is 12.1. The zero-order valence-electron chi connectivity index (χ0n) is 20.8. The van der Waals surface area contributed by atoms with Gasteiger partial charge in [0.05, 0.1) is 24.4 Å². The summed E-state index contributed by atoms with van der Waals surface area (Å²) in [5.74, 6) is -2.75. The maximum atomic E-state index is 14.5. The normalized spacial score (nSPS) is 12.9. The summed E-state index contributed by atoms with van der Waals surface area (Å²) in [7, 11) is 0. The van der Waals surface area contributed by atoms with Crippen molar-refractivity contribution in [1.29, 1.82) is 0 Å². The molecule has 0 saturated carbocycles. The molecule has 0 aliphatic carbocycles. The number of nitrogens with one attached hydrogen (secondary N) is 1. The molecule has 1 unspecified atom stereocenters. The third kappa shape index (κ3) is 6.00. The van der Waals surface area contributed by atoms with Gasteiger partial charge < -0.3 is 14.9 Å². The van der Waals surface area contributed by atoms with E-state index in [4.69, 9.17) is 4.52 Å². The van der Waals surface area contributed by atoms with Crippen molar-refractivity contribution < 1.29 is 23.2 Å². The minimum atomic E-state index is -0.970. The summed E-state index contributed by atoms with van der Waals surface area (Å²) < 4.78 is 35.4. The molecule has 3 heterocycles. The van der Waals surface area contributed by atoms with Crippen LogP contribution in [0.4, 0.5) is 14.6 Å². The van der Waals surface area contributed by atoms with Crippen molar-refractivity contribution in [2.24, 2.45) is 0 Å². The highest BCUT2D eigenvalue weighted by Crippen LogP contribution is 2.27. The molecule has 38 heavy (non-hydrogen) atoms. The molecule has 2 N–H and O–H groups in total. The Morgan fingerprint density at radius 3 is 2.63 bits per heavy atom. The van der Waals surface area contributed by atoms with Gasteiger partial charge in [-0.05, 0) is 31.9 Å². The number of carboxylic acids is 1. The average molecular weight is 521 g/mol. The zero-order chi connectivity index (χ0) is 27.1. The van der Waals surface area contributed by atoms with E-state index in [0.29, 0.717) is 28.2 Å². The Labute approximate surface area is 217 Å². The Hall–Kier alpha value is -4.67. The number of benzene rings is 1. The Bertz CT molecular complexity index is 1450. The summed E-state index contributed by atoms with van der Waals surface area (Å²) in [6.45, 7) is 3.60. The number of halogens is 2. The molecule has 1 aromatic carbocycles. The molecule has 1 atom stereocenters. The van der Waals surface area contributed by atoms with Crippen LogP contribution < -0.4 is 5.32 Å². The van der Waals surface area contributed by atoms with Crippen LogP contribution in [0.3, 0.4) is 0 Å². The fourth-order valence-corrected chi connectivity index (χ4v) is 3.92. The van der Waals surface area contributed by atoms with Crippen LogP contribution >= 0.6 is 0 Å². The lowest BCUT2D eigenvalue weighted by molar-refractivity contribution is -0.138. The summed E-state index contributed by atoms with van der Waals surface area (Å²) in [4.78, 5) is 20.1. The second kappa shape index (κ2) is 12.0. The standard InChI is InChI=1S/C27H26F2N6O3/c1-3-17(20(28)4-2)16-35-24(22-11-13-38-34-22)14-23(33-35)26-31-15-21(29)25(32-26)30-12-10-19(27(36)37)18-8-6-5-7-9-18/h3-9,11,13-15,19H,10,12,16H2,1-2H3,(H,36,37)(H,30,31,32)/b17-3-,20-4+. The van der Waals surface area contributed by atoms with Crippen molar-refractivity contribution >= 4 is 11.8 Å². The molecule has 9 nitrogen and oxygen atoms in total. The molecule has 0 spiro atoms. The van der Waals surface area contributed by atoms with E-state index in [-0.39, 0.29) is 37.0 Å². The number of aliphatic carboxylic acids is 1. The SMILES string of the molecule is C/C=C(Cn1nc(-c2ncc(F)c(NCCC(C(=O)O)c3ccccc3)n2)cc1-c1ccon1)\C(F)=C/C. The molecule has 196 valence electrons. The lowest BCUT2D eigenvalue weighted by atomic mass is 9.96. The molecule has 0 saturated heterocycles. The number of hydrogen-bond donors (Lipinski definition) is 2. The fourth-order valence-electron chi connectivity index (χ4n) is 3.92. The van der Waals surface area contributed by atoms with Gasteiger partial charge in [0, 0.05) is 18.2 Å². The molecule has 3 aromatic heterocycles. The van der Waals surface area contributed by atoms with Crippen molar-refractivity contribution in [3.63, 3.8) is 0 Å². The van der Waals surface area contributed by atoms with Crippen LogP contribution in [0.5, 0.6) is 0 Å². The lowest BCUT2D eigenvalue weighted by Gasteiger charge is -2.14. The van der Waals surface area contributed by atoms with Crippen molar-refractivity contribution in [2.75, 3.05) is 11.9 Å². The number of carboxylic acid groups (broad SMARTS) is 1. The Morgan fingerprint density at radius 2 is 1.97 bits per heavy atom. The topological polar surface area (TPSA) is 119 Å². The first-order valence-corrected chi connectivity index (χ1v) is 11.9. The molecule has 0 aliphatic heterocycles. The number of carbonyl (C=O) groups is 1. The van der Waals surface area contributed by atoms with Crippen LogP contribution in [-0.2, 0) is 11.3 Å². The van der Waals surface area contributed by atoms with Crippen molar-refractivity contribution in [3.05, 3.63) is 89.9 Å². The molecule has 0 radical (unpaired) electrons. The fraction of sp³-hybridized carbons (Fsp3) is 0.222. The molecule has 4 rings (SSSR count). The van der Waals surface area contributed by atoms with Gasteiger partial charge in [0.2, 0.25) is 0 Å². The minimum absolute atomic E-state index is 0.0844. The Morgan fingerprint density at radius 1 is 1.18 bits per heavy atom. The van der Waals surface area contributed by atoms with E-state index in [1.165, 1.54) is 12.3 Å². The van der Waals surface area contributed by atoms with E-state index >= 15 is 0 Å². The predicted octanol–water partition coefficient (Wildman–Crippen LogP) is 5.62. The van der Waals surface area contributed by atoms with Gasteiger partial charge in [-0.2, -0.15) is 5.10 Å². The number of aromatic nitrogens is 5. The van der Waals surface area contributed by atoms with E-state index in [9.17, 15) is 18.7 Å². The molecule has 0 amide bonds. The number of anilines is 1. The molecule has 4 aromatic rings. The van der Waals surface area contributed by atoms with E-state index in [2.05, 4.69) is 25.5 Å². The maximum absolute atomic E-state index is 14.5. The molecular formula is C27H26F2N6O3. The van der Waals surface area contributed by atoms with Gasteiger partial charge in [-0.25, -0.2) is 18.7 Å². The van der Waals surface area contributed by atoms with Crippen LogP contribution in [0.1, 0.15) is 31.7 Å². The third-order valence-electron chi connectivity index (χ3n) is 5.91. The Kier molecular flexibility index (Phi) is 8.37. The van der Waals surface area contributed by atoms with E-state index in [1.807, 2.05) is 6.07 Å². The molecule has 0 bridgehead atoms. The quantitative estimate of drug-likeness (QED) is 0.245. The smallest absolute Gasteiger partial charge is 0.311 e. The number of allylic oxidation sites excluding steroid dienone is 4. The van der Waals surface area contributed by atoms with Crippen molar-refractivity contribution in [3.8, 4) is 22.9 Å². The van der Waals surface area contributed by atoms with Gasteiger partial charge >= 0.3 is 5.97 Å².